The molecule has 1 aliphatic rings. The summed E-state index contributed by atoms with van der Waals surface area (Å²) < 4.78 is 0. The average Bonchev–Trinajstić information content (AvgIpc) is 2.56. The van der Waals surface area contributed by atoms with Crippen LogP contribution in [0, 0.1) is 0 Å². The first-order valence-electron chi connectivity index (χ1n) is 8.20. The lowest BCUT2D eigenvalue weighted by molar-refractivity contribution is 0.304. The molecule has 0 radical (unpaired) electrons. The Hall–Kier alpha value is -1.66. The third kappa shape index (κ3) is 6.15. The van der Waals surface area contributed by atoms with Crippen LogP contribution in [0.25, 0.3) is 0 Å². The number of anilines is 1. The van der Waals surface area contributed by atoms with E-state index in [2.05, 4.69) is 15.8 Å². The molecule has 3 N–H and O–H groups in total. The van der Waals surface area contributed by atoms with Crippen LogP contribution >= 0.6 is 12.2 Å². The molecule has 1 fully saturated rings. The van der Waals surface area contributed by atoms with Gasteiger partial charge in [-0.2, -0.15) is 5.10 Å². The topological polar surface area (TPSA) is 59.9 Å². The first-order valence-corrected chi connectivity index (χ1v) is 8.61. The van der Waals surface area contributed by atoms with E-state index in [0.717, 1.165) is 11.3 Å². The van der Waals surface area contributed by atoms with Gasteiger partial charge < -0.3 is 15.3 Å². The number of hydrogen-bond donors (Lipinski definition) is 3. The molecular weight excluding hydrogens is 308 g/mol. The number of hydrogen-bond acceptors (Lipinski definition) is 4. The van der Waals surface area contributed by atoms with Gasteiger partial charge in [-0.3, -0.25) is 5.43 Å². The monoisotopic (exact) mass is 334 g/mol. The zero-order valence-electron chi connectivity index (χ0n) is 13.7. The van der Waals surface area contributed by atoms with Gasteiger partial charge in [-0.15, -0.1) is 0 Å². The second-order valence-corrected chi connectivity index (χ2v) is 6.32. The predicted molar refractivity (Wildman–Crippen MR) is 100 cm³/mol. The summed E-state index contributed by atoms with van der Waals surface area (Å²) in [7, 11) is 1.95. The molecule has 2 rings (SSSR count). The van der Waals surface area contributed by atoms with Gasteiger partial charge >= 0.3 is 0 Å². The number of hydrazone groups is 1. The second kappa shape index (κ2) is 9.47. The van der Waals surface area contributed by atoms with E-state index < -0.39 is 0 Å². The summed E-state index contributed by atoms with van der Waals surface area (Å²) in [6, 6.07) is 8.49. The minimum absolute atomic E-state index is 0.148. The van der Waals surface area contributed by atoms with E-state index in [1.54, 1.807) is 6.21 Å². The average molecular weight is 334 g/mol. The Kier molecular flexibility index (Phi) is 7.29. The molecular formula is C17H26N4OS. The van der Waals surface area contributed by atoms with Crippen LogP contribution in [0.1, 0.15) is 37.7 Å². The second-order valence-electron chi connectivity index (χ2n) is 5.92. The zero-order valence-corrected chi connectivity index (χ0v) is 14.5. The SMILES string of the molecule is CN(CCO)c1ccc(/C=N\NC(=S)NC2CCCCC2)cc1. The molecule has 0 unspecified atom stereocenters. The van der Waals surface area contributed by atoms with E-state index in [9.17, 15) is 0 Å². The number of nitrogens with one attached hydrogen (secondary N) is 2. The smallest absolute Gasteiger partial charge is 0.187 e. The Morgan fingerprint density at radius 1 is 1.30 bits per heavy atom. The van der Waals surface area contributed by atoms with E-state index in [1.807, 2.05) is 36.2 Å². The molecule has 1 saturated carbocycles. The molecule has 126 valence electrons. The first kappa shape index (κ1) is 17.7. The molecule has 23 heavy (non-hydrogen) atoms. The van der Waals surface area contributed by atoms with Crippen molar-refractivity contribution in [1.29, 1.82) is 0 Å². The highest BCUT2D eigenvalue weighted by Gasteiger charge is 2.13. The summed E-state index contributed by atoms with van der Waals surface area (Å²) in [4.78, 5) is 2.00. The standard InChI is InChI=1S/C17H26N4OS/c1-21(11-12-22)16-9-7-14(8-10-16)13-18-20-17(23)19-15-5-3-2-4-6-15/h7-10,13,15,22H,2-6,11-12H2,1H3,(H2,19,20,23)/b18-13-. The lowest BCUT2D eigenvalue weighted by Gasteiger charge is -2.23. The van der Waals surface area contributed by atoms with Gasteiger partial charge in [0.05, 0.1) is 12.8 Å². The molecule has 6 heteroatoms. The van der Waals surface area contributed by atoms with Gasteiger partial charge in [-0.1, -0.05) is 31.4 Å². The van der Waals surface area contributed by atoms with E-state index >= 15 is 0 Å². The molecule has 0 aliphatic heterocycles. The third-order valence-corrected chi connectivity index (χ3v) is 4.30. The van der Waals surface area contributed by atoms with Crippen molar-refractivity contribution in [2.75, 3.05) is 25.1 Å². The van der Waals surface area contributed by atoms with Gasteiger partial charge in [0.25, 0.3) is 0 Å². The number of thiocarbonyl (C=S) groups is 1. The number of likely N-dealkylation sites (N-methyl/N-ethyl adjacent to an activating group) is 1. The van der Waals surface area contributed by atoms with Crippen molar-refractivity contribution < 1.29 is 5.11 Å². The zero-order chi connectivity index (χ0) is 16.5. The summed E-state index contributed by atoms with van der Waals surface area (Å²) in [5.41, 5.74) is 4.95. The van der Waals surface area contributed by atoms with Crippen LogP contribution in [0.2, 0.25) is 0 Å². The van der Waals surface area contributed by atoms with Crippen LogP contribution in [0.15, 0.2) is 29.4 Å². The van der Waals surface area contributed by atoms with Gasteiger partial charge in [0, 0.05) is 25.3 Å². The van der Waals surface area contributed by atoms with E-state index in [1.165, 1.54) is 32.1 Å². The molecule has 0 saturated heterocycles. The number of rotatable bonds is 6. The fraction of sp³-hybridized carbons (Fsp3) is 0.529. The summed E-state index contributed by atoms with van der Waals surface area (Å²) in [5, 5.41) is 17.0. The normalized spacial score (nSPS) is 15.6. The highest BCUT2D eigenvalue weighted by atomic mass is 32.1. The van der Waals surface area contributed by atoms with E-state index in [4.69, 9.17) is 17.3 Å². The van der Waals surface area contributed by atoms with Crippen LogP contribution in [-0.2, 0) is 0 Å². The highest BCUT2D eigenvalue weighted by molar-refractivity contribution is 7.80. The van der Waals surface area contributed by atoms with Crippen LogP contribution in [0.4, 0.5) is 5.69 Å². The van der Waals surface area contributed by atoms with Crippen molar-refractivity contribution in [2.45, 2.75) is 38.1 Å². The molecule has 0 aromatic heterocycles. The molecule has 0 atom stereocenters. The highest BCUT2D eigenvalue weighted by Crippen LogP contribution is 2.17. The van der Waals surface area contributed by atoms with E-state index in [-0.39, 0.29) is 6.61 Å². The summed E-state index contributed by atoms with van der Waals surface area (Å²) in [6.07, 6.45) is 8.02. The van der Waals surface area contributed by atoms with Crippen molar-refractivity contribution in [3.63, 3.8) is 0 Å². The predicted octanol–water partition coefficient (Wildman–Crippen LogP) is 2.25. The maximum atomic E-state index is 8.95. The lowest BCUT2D eigenvalue weighted by Crippen LogP contribution is -2.40. The third-order valence-electron chi connectivity index (χ3n) is 4.09. The van der Waals surface area contributed by atoms with Crippen molar-refractivity contribution in [3.05, 3.63) is 29.8 Å². The molecule has 0 spiro atoms. The molecule has 1 aromatic carbocycles. The minimum atomic E-state index is 0.148. The molecule has 1 aliphatic carbocycles. The van der Waals surface area contributed by atoms with Gasteiger partial charge in [-0.25, -0.2) is 0 Å². The molecule has 0 bridgehead atoms. The van der Waals surface area contributed by atoms with Gasteiger partial charge in [0.2, 0.25) is 0 Å². The Balaban J connectivity index is 1.77. The van der Waals surface area contributed by atoms with Gasteiger partial charge in [0.15, 0.2) is 5.11 Å². The molecule has 5 nitrogen and oxygen atoms in total. The molecule has 0 heterocycles. The lowest BCUT2D eigenvalue weighted by atomic mass is 9.96. The largest absolute Gasteiger partial charge is 0.395 e. The maximum absolute atomic E-state index is 8.95. The van der Waals surface area contributed by atoms with Crippen LogP contribution in [0.3, 0.4) is 0 Å². The van der Waals surface area contributed by atoms with Crippen LogP contribution < -0.4 is 15.6 Å². The Morgan fingerprint density at radius 3 is 2.65 bits per heavy atom. The maximum Gasteiger partial charge on any atom is 0.187 e. The fourth-order valence-electron chi connectivity index (χ4n) is 2.72. The minimum Gasteiger partial charge on any atom is -0.395 e. The summed E-state index contributed by atoms with van der Waals surface area (Å²) in [5.74, 6) is 0. The molecule has 1 aromatic rings. The first-order chi connectivity index (χ1) is 11.2. The van der Waals surface area contributed by atoms with Crippen LogP contribution in [-0.4, -0.2) is 42.7 Å². The number of aliphatic hydroxyl groups is 1. The van der Waals surface area contributed by atoms with Crippen molar-refractivity contribution in [2.24, 2.45) is 5.10 Å². The number of benzene rings is 1. The quantitative estimate of drug-likeness (QED) is 0.423. The van der Waals surface area contributed by atoms with Crippen molar-refractivity contribution in [3.8, 4) is 0 Å². The fourth-order valence-corrected chi connectivity index (χ4v) is 2.94. The molecule has 0 amide bonds. The Bertz CT molecular complexity index is 512. The Morgan fingerprint density at radius 2 is 2.00 bits per heavy atom. The van der Waals surface area contributed by atoms with Crippen molar-refractivity contribution >= 4 is 29.2 Å². The summed E-state index contributed by atoms with van der Waals surface area (Å²) in [6.45, 7) is 0.769. The summed E-state index contributed by atoms with van der Waals surface area (Å²) >= 11 is 5.27. The van der Waals surface area contributed by atoms with Gasteiger partial charge in [-0.05, 0) is 42.8 Å². The number of aliphatic hydroxyl groups excluding tert-OH is 1. The van der Waals surface area contributed by atoms with Crippen molar-refractivity contribution in [1.82, 2.24) is 10.7 Å². The van der Waals surface area contributed by atoms with Gasteiger partial charge in [0.1, 0.15) is 0 Å². The number of nitrogens with zero attached hydrogens (tertiary/aromatic N) is 2. The Labute approximate surface area is 143 Å². The van der Waals surface area contributed by atoms with Crippen LogP contribution in [0.5, 0.6) is 0 Å². The van der Waals surface area contributed by atoms with E-state index in [0.29, 0.717) is 17.7 Å².